The molecule has 3 rings (SSSR count). The topological polar surface area (TPSA) is 67.1 Å². The van der Waals surface area contributed by atoms with Gasteiger partial charge in [-0.1, -0.05) is 18.2 Å². The van der Waals surface area contributed by atoms with Gasteiger partial charge in [0.25, 0.3) is 0 Å². The maximum atomic E-state index is 4.70. The van der Waals surface area contributed by atoms with Gasteiger partial charge in [-0.05, 0) is 56.2 Å². The molecule has 1 aromatic carbocycles. The lowest BCUT2D eigenvalue weighted by Gasteiger charge is -2.19. The van der Waals surface area contributed by atoms with Crippen molar-refractivity contribution in [1.82, 2.24) is 25.4 Å². The fourth-order valence-electron chi connectivity index (χ4n) is 2.80. The van der Waals surface area contributed by atoms with Crippen LogP contribution in [0.1, 0.15) is 36.7 Å². The number of hydrogen-bond acceptors (Lipinski definition) is 3. The van der Waals surface area contributed by atoms with Gasteiger partial charge in [-0.15, -0.1) is 0 Å². The Labute approximate surface area is 160 Å². The zero-order valence-corrected chi connectivity index (χ0v) is 16.1. The van der Waals surface area contributed by atoms with E-state index in [9.17, 15) is 0 Å². The summed E-state index contributed by atoms with van der Waals surface area (Å²) in [5.74, 6) is 0.777. The van der Waals surface area contributed by atoms with Crippen LogP contribution in [0, 0.1) is 6.92 Å². The van der Waals surface area contributed by atoms with Crippen LogP contribution in [0.2, 0.25) is 0 Å². The smallest absolute Gasteiger partial charge is 0.192 e. The molecular weight excluding hydrogens is 336 g/mol. The first kappa shape index (κ1) is 18.6. The van der Waals surface area contributed by atoms with Crippen molar-refractivity contribution in [3.8, 4) is 5.69 Å². The average molecular weight is 362 g/mol. The normalized spacial score (nSPS) is 12.6. The van der Waals surface area contributed by atoms with Crippen molar-refractivity contribution in [2.75, 3.05) is 6.54 Å². The fourth-order valence-corrected chi connectivity index (χ4v) is 2.80. The van der Waals surface area contributed by atoms with Crippen molar-refractivity contribution in [1.29, 1.82) is 0 Å². The molecule has 0 aliphatic carbocycles. The fraction of sp³-hybridized carbons (Fsp3) is 0.286. The molecule has 0 aliphatic heterocycles. The number of hydrogen-bond donors (Lipinski definition) is 2. The number of rotatable bonds is 6. The predicted molar refractivity (Wildman–Crippen MR) is 109 cm³/mol. The Morgan fingerprint density at radius 2 is 2.07 bits per heavy atom. The number of pyridine rings is 1. The monoisotopic (exact) mass is 362 g/mol. The number of guanidine groups is 1. The Hall–Kier alpha value is -3.15. The Kier molecular flexibility index (Phi) is 6.20. The van der Waals surface area contributed by atoms with E-state index >= 15 is 0 Å². The third kappa shape index (κ3) is 4.94. The third-order valence-corrected chi connectivity index (χ3v) is 4.34. The highest BCUT2D eigenvalue weighted by atomic mass is 15.3. The molecule has 2 heterocycles. The molecule has 0 saturated carbocycles. The standard InChI is InChI=1S/C21H26N6/c1-4-22-21(24-15-20-16(2)8-6-11-23-20)26-17(3)18-9-5-10-19(14-18)27-13-7-12-25-27/h5-14,17H,4,15H2,1-3H3,(H2,22,24,26). The summed E-state index contributed by atoms with van der Waals surface area (Å²) in [4.78, 5) is 9.11. The van der Waals surface area contributed by atoms with Crippen LogP contribution in [-0.4, -0.2) is 27.3 Å². The van der Waals surface area contributed by atoms with E-state index < -0.39 is 0 Å². The molecule has 0 radical (unpaired) electrons. The van der Waals surface area contributed by atoms with E-state index in [0.717, 1.165) is 29.4 Å². The van der Waals surface area contributed by atoms with Crippen LogP contribution in [0.15, 0.2) is 66.0 Å². The minimum Gasteiger partial charge on any atom is -0.357 e. The highest BCUT2D eigenvalue weighted by Crippen LogP contribution is 2.16. The van der Waals surface area contributed by atoms with Crippen LogP contribution in [0.3, 0.4) is 0 Å². The Morgan fingerprint density at radius 1 is 1.19 bits per heavy atom. The van der Waals surface area contributed by atoms with Gasteiger partial charge < -0.3 is 10.6 Å². The van der Waals surface area contributed by atoms with Crippen LogP contribution in [-0.2, 0) is 6.54 Å². The van der Waals surface area contributed by atoms with Crippen LogP contribution in [0.25, 0.3) is 5.69 Å². The molecule has 0 spiro atoms. The van der Waals surface area contributed by atoms with Gasteiger partial charge in [0.1, 0.15) is 0 Å². The molecule has 2 N–H and O–H groups in total. The van der Waals surface area contributed by atoms with Gasteiger partial charge in [0.15, 0.2) is 5.96 Å². The maximum absolute atomic E-state index is 4.70. The van der Waals surface area contributed by atoms with E-state index in [2.05, 4.69) is 59.7 Å². The molecule has 0 fully saturated rings. The lowest BCUT2D eigenvalue weighted by Crippen LogP contribution is -2.38. The largest absolute Gasteiger partial charge is 0.357 e. The van der Waals surface area contributed by atoms with Crippen molar-refractivity contribution < 1.29 is 0 Å². The zero-order valence-electron chi connectivity index (χ0n) is 16.1. The summed E-state index contributed by atoms with van der Waals surface area (Å²) in [5, 5.41) is 11.1. The predicted octanol–water partition coefficient (Wildman–Crippen LogP) is 3.39. The molecule has 0 saturated heterocycles. The Balaban J connectivity index is 1.73. The van der Waals surface area contributed by atoms with Crippen LogP contribution >= 0.6 is 0 Å². The summed E-state index contributed by atoms with van der Waals surface area (Å²) in [6.07, 6.45) is 5.53. The molecule has 27 heavy (non-hydrogen) atoms. The van der Waals surface area contributed by atoms with Crippen LogP contribution in [0.4, 0.5) is 0 Å². The molecule has 0 bridgehead atoms. The summed E-state index contributed by atoms with van der Waals surface area (Å²) in [6.45, 7) is 7.59. The first-order valence-corrected chi connectivity index (χ1v) is 9.22. The second-order valence-corrected chi connectivity index (χ2v) is 6.37. The van der Waals surface area contributed by atoms with E-state index in [1.54, 1.807) is 6.20 Å². The molecule has 0 aliphatic rings. The highest BCUT2D eigenvalue weighted by molar-refractivity contribution is 5.80. The second-order valence-electron chi connectivity index (χ2n) is 6.37. The Morgan fingerprint density at radius 3 is 2.81 bits per heavy atom. The SMILES string of the molecule is CCNC(=NCc1ncccc1C)NC(C)c1cccc(-n2cccn2)c1. The van der Waals surface area contributed by atoms with E-state index in [0.29, 0.717) is 6.54 Å². The van der Waals surface area contributed by atoms with E-state index in [-0.39, 0.29) is 6.04 Å². The van der Waals surface area contributed by atoms with Gasteiger partial charge in [-0.3, -0.25) is 4.98 Å². The number of nitrogens with zero attached hydrogens (tertiary/aromatic N) is 4. The zero-order chi connectivity index (χ0) is 19.1. The van der Waals surface area contributed by atoms with Crippen molar-refractivity contribution in [3.05, 3.63) is 77.9 Å². The van der Waals surface area contributed by atoms with Gasteiger partial charge in [-0.2, -0.15) is 5.10 Å². The van der Waals surface area contributed by atoms with Gasteiger partial charge in [0, 0.05) is 25.1 Å². The summed E-state index contributed by atoms with van der Waals surface area (Å²) in [6, 6.07) is 14.4. The van der Waals surface area contributed by atoms with Crippen LogP contribution < -0.4 is 10.6 Å². The molecule has 2 aromatic heterocycles. The highest BCUT2D eigenvalue weighted by Gasteiger charge is 2.09. The number of aromatic nitrogens is 3. The van der Waals surface area contributed by atoms with E-state index in [4.69, 9.17) is 4.99 Å². The van der Waals surface area contributed by atoms with Gasteiger partial charge in [0.05, 0.1) is 24.0 Å². The van der Waals surface area contributed by atoms with Crippen molar-refractivity contribution in [2.24, 2.45) is 4.99 Å². The summed E-state index contributed by atoms with van der Waals surface area (Å²) in [5.41, 5.74) is 4.35. The first-order valence-electron chi connectivity index (χ1n) is 9.22. The van der Waals surface area contributed by atoms with E-state index in [1.807, 2.05) is 41.3 Å². The molecular formula is C21H26N6. The number of aliphatic imine (C=N–C) groups is 1. The van der Waals surface area contributed by atoms with Gasteiger partial charge >= 0.3 is 0 Å². The van der Waals surface area contributed by atoms with Gasteiger partial charge in [0.2, 0.25) is 0 Å². The first-order chi connectivity index (χ1) is 13.2. The number of benzene rings is 1. The minimum absolute atomic E-state index is 0.100. The molecule has 1 atom stereocenters. The van der Waals surface area contributed by atoms with Crippen molar-refractivity contribution in [3.63, 3.8) is 0 Å². The third-order valence-electron chi connectivity index (χ3n) is 4.34. The lowest BCUT2D eigenvalue weighted by atomic mass is 10.1. The van der Waals surface area contributed by atoms with E-state index in [1.165, 1.54) is 5.56 Å². The molecule has 6 heteroatoms. The second kappa shape index (κ2) is 8.98. The number of nitrogens with one attached hydrogen (secondary N) is 2. The lowest BCUT2D eigenvalue weighted by molar-refractivity contribution is 0.684. The van der Waals surface area contributed by atoms with Crippen LogP contribution in [0.5, 0.6) is 0 Å². The minimum atomic E-state index is 0.100. The number of aryl methyl sites for hydroxylation is 1. The Bertz CT molecular complexity index is 885. The molecule has 0 amide bonds. The van der Waals surface area contributed by atoms with Crippen molar-refractivity contribution >= 4 is 5.96 Å². The molecule has 140 valence electrons. The summed E-state index contributed by atoms with van der Waals surface area (Å²) >= 11 is 0. The average Bonchev–Trinajstić information content (AvgIpc) is 3.22. The molecule has 6 nitrogen and oxygen atoms in total. The quantitative estimate of drug-likeness (QED) is 0.521. The maximum Gasteiger partial charge on any atom is 0.192 e. The van der Waals surface area contributed by atoms with Gasteiger partial charge in [-0.25, -0.2) is 9.67 Å². The summed E-state index contributed by atoms with van der Waals surface area (Å²) < 4.78 is 1.86. The van der Waals surface area contributed by atoms with Crippen molar-refractivity contribution in [2.45, 2.75) is 33.4 Å². The molecule has 1 unspecified atom stereocenters. The molecule has 3 aromatic rings. The summed E-state index contributed by atoms with van der Waals surface area (Å²) in [7, 11) is 0.